The van der Waals surface area contributed by atoms with E-state index in [2.05, 4.69) is 15.0 Å². The maximum Gasteiger partial charge on any atom is 0.344 e. The molecule has 1 aromatic carbocycles. The third-order valence-corrected chi connectivity index (χ3v) is 5.00. The number of imidazole rings is 1. The normalized spacial score (nSPS) is 11.7. The molecule has 1 heterocycles. The Morgan fingerprint density at radius 3 is 2.50 bits per heavy atom. The van der Waals surface area contributed by atoms with Crippen molar-refractivity contribution in [2.45, 2.75) is 0 Å². The highest BCUT2D eigenvalue weighted by Crippen LogP contribution is 2.30. The number of benzene rings is 1. The molecule has 0 bridgehead atoms. The number of ether oxygens (including phenoxy) is 1. The maximum atomic E-state index is 12.5. The topological polar surface area (TPSA) is 137 Å². The van der Waals surface area contributed by atoms with E-state index in [0.29, 0.717) is 0 Å². The molecule has 1 N–H and O–H groups in total. The van der Waals surface area contributed by atoms with Gasteiger partial charge in [-0.1, -0.05) is 0 Å². The van der Waals surface area contributed by atoms with Crippen molar-refractivity contribution in [2.24, 2.45) is 0 Å². The number of fused-ring (bicyclic) bond motifs is 1. The van der Waals surface area contributed by atoms with Crippen molar-refractivity contribution in [3.05, 3.63) is 27.8 Å². The van der Waals surface area contributed by atoms with Crippen LogP contribution in [0.3, 0.4) is 0 Å². The third-order valence-electron chi connectivity index (χ3n) is 3.25. The zero-order valence-corrected chi connectivity index (χ0v) is 14.1. The lowest BCUT2D eigenvalue weighted by Gasteiger charge is -2.15. The Hall–Kier alpha value is -2.73. The molecule has 11 nitrogen and oxygen atoms in total. The van der Waals surface area contributed by atoms with Crippen molar-refractivity contribution >= 4 is 38.8 Å². The molecule has 0 saturated carbocycles. The molecular formula is C12H15N5O6S. The number of anilines is 1. The van der Waals surface area contributed by atoms with E-state index in [1.165, 1.54) is 21.1 Å². The number of rotatable bonds is 5. The molecule has 130 valence electrons. The Morgan fingerprint density at radius 2 is 2.04 bits per heavy atom. The average Bonchev–Trinajstić information content (AvgIpc) is 2.90. The second-order valence-electron chi connectivity index (χ2n) is 4.85. The van der Waals surface area contributed by atoms with Crippen LogP contribution in [0, 0.1) is 10.1 Å². The van der Waals surface area contributed by atoms with Gasteiger partial charge in [0.2, 0.25) is 5.95 Å². The number of carbonyl (C=O) groups excluding carboxylic acids is 1. The highest BCUT2D eigenvalue weighted by molar-refractivity contribution is 7.87. The molecule has 0 aliphatic carbocycles. The zero-order valence-electron chi connectivity index (χ0n) is 13.3. The number of nitro groups is 1. The minimum Gasteiger partial charge on any atom is -0.465 e. The van der Waals surface area contributed by atoms with Gasteiger partial charge < -0.3 is 10.1 Å². The first-order chi connectivity index (χ1) is 11.1. The van der Waals surface area contributed by atoms with Gasteiger partial charge >= 0.3 is 16.2 Å². The first kappa shape index (κ1) is 17.6. The average molecular weight is 357 g/mol. The summed E-state index contributed by atoms with van der Waals surface area (Å²) in [5.41, 5.74) is -0.833. The first-order valence-electron chi connectivity index (χ1n) is 6.55. The summed E-state index contributed by atoms with van der Waals surface area (Å²) in [4.78, 5) is 26.3. The van der Waals surface area contributed by atoms with E-state index in [0.717, 1.165) is 27.5 Å². The van der Waals surface area contributed by atoms with Gasteiger partial charge in [-0.25, -0.2) is 9.78 Å². The van der Waals surface area contributed by atoms with Gasteiger partial charge in [0.1, 0.15) is 5.56 Å². The van der Waals surface area contributed by atoms with Crippen LogP contribution in [0.5, 0.6) is 0 Å². The Bertz CT molecular complexity index is 933. The highest BCUT2D eigenvalue weighted by Gasteiger charge is 2.29. The minimum atomic E-state index is -3.98. The molecule has 0 aliphatic rings. The number of hydrogen-bond acceptors (Lipinski definition) is 8. The molecule has 0 unspecified atom stereocenters. The number of nitro benzene ring substituents is 1. The van der Waals surface area contributed by atoms with E-state index >= 15 is 0 Å². The lowest BCUT2D eigenvalue weighted by Crippen LogP contribution is -2.29. The van der Waals surface area contributed by atoms with Gasteiger partial charge in [0, 0.05) is 27.2 Å². The Balaban J connectivity index is 2.95. The van der Waals surface area contributed by atoms with E-state index < -0.39 is 26.8 Å². The third kappa shape index (κ3) is 2.65. The van der Waals surface area contributed by atoms with E-state index in [4.69, 9.17) is 0 Å². The van der Waals surface area contributed by atoms with Crippen molar-refractivity contribution in [1.82, 2.24) is 13.3 Å². The van der Waals surface area contributed by atoms with Crippen LogP contribution in [-0.2, 0) is 14.9 Å². The summed E-state index contributed by atoms with van der Waals surface area (Å²) in [6.45, 7) is 0. The highest BCUT2D eigenvalue weighted by atomic mass is 32.2. The lowest BCUT2D eigenvalue weighted by molar-refractivity contribution is -0.385. The van der Waals surface area contributed by atoms with Gasteiger partial charge in [0.25, 0.3) is 5.69 Å². The number of nitrogens with zero attached hydrogens (tertiary/aromatic N) is 4. The molecule has 2 rings (SSSR count). The molecule has 0 fully saturated rings. The number of methoxy groups -OCH3 is 1. The van der Waals surface area contributed by atoms with Gasteiger partial charge in [-0.15, -0.1) is 0 Å². The largest absolute Gasteiger partial charge is 0.465 e. The van der Waals surface area contributed by atoms with Crippen molar-refractivity contribution < 1.29 is 22.9 Å². The molecule has 1 aromatic heterocycles. The van der Waals surface area contributed by atoms with Crippen LogP contribution in [0.4, 0.5) is 11.6 Å². The summed E-state index contributed by atoms with van der Waals surface area (Å²) in [5.74, 6) is -1.00. The quantitative estimate of drug-likeness (QED) is 0.462. The van der Waals surface area contributed by atoms with Gasteiger partial charge in [0.05, 0.1) is 23.1 Å². The molecule has 0 spiro atoms. The van der Waals surface area contributed by atoms with Crippen molar-refractivity contribution in [1.29, 1.82) is 0 Å². The van der Waals surface area contributed by atoms with Crippen molar-refractivity contribution in [3.63, 3.8) is 0 Å². The smallest absolute Gasteiger partial charge is 0.344 e. The van der Waals surface area contributed by atoms with Crippen LogP contribution < -0.4 is 5.32 Å². The fourth-order valence-corrected chi connectivity index (χ4v) is 3.14. The lowest BCUT2D eigenvalue weighted by atomic mass is 10.1. The molecule has 0 amide bonds. The van der Waals surface area contributed by atoms with Gasteiger partial charge in [-0.3, -0.25) is 10.1 Å². The molecular weight excluding hydrogens is 342 g/mol. The number of nitrogens with one attached hydrogen (secondary N) is 1. The number of hydrogen-bond donors (Lipinski definition) is 1. The molecule has 2 aromatic rings. The summed E-state index contributed by atoms with van der Waals surface area (Å²) in [5, 5.41) is 13.8. The fourth-order valence-electron chi connectivity index (χ4n) is 2.07. The fraction of sp³-hybridized carbons (Fsp3) is 0.333. The van der Waals surface area contributed by atoms with Gasteiger partial charge in [-0.05, 0) is 6.07 Å². The second-order valence-corrected chi connectivity index (χ2v) is 6.84. The Labute approximate surface area is 137 Å². The zero-order chi connectivity index (χ0) is 18.2. The van der Waals surface area contributed by atoms with Crippen LogP contribution in [0.1, 0.15) is 10.4 Å². The first-order valence-corrected chi connectivity index (χ1v) is 7.94. The van der Waals surface area contributed by atoms with Crippen LogP contribution in [0.15, 0.2) is 12.1 Å². The Kier molecular flexibility index (Phi) is 4.44. The standard InChI is InChI=1S/C12H15N5O6S/c1-13-12-14-8-6-9(17(19)20)7(11(18)23-4)5-10(8)16(12)24(21,22)15(2)3/h5-6H,1-4H3,(H,13,14). The maximum absolute atomic E-state index is 12.5. The summed E-state index contributed by atoms with van der Waals surface area (Å²) in [6.07, 6.45) is 0. The SMILES string of the molecule is CNc1nc2cc([N+](=O)[O-])c(C(=O)OC)cc2n1S(=O)(=O)N(C)C. The van der Waals surface area contributed by atoms with Crippen LogP contribution in [-0.4, -0.2) is 60.8 Å². The van der Waals surface area contributed by atoms with Crippen LogP contribution >= 0.6 is 0 Å². The summed E-state index contributed by atoms with van der Waals surface area (Å²) in [7, 11) is 1.20. The Morgan fingerprint density at radius 1 is 1.42 bits per heavy atom. The van der Waals surface area contributed by atoms with Crippen LogP contribution in [0.2, 0.25) is 0 Å². The summed E-state index contributed by atoms with van der Waals surface area (Å²) < 4.78 is 31.4. The van der Waals surface area contributed by atoms with E-state index in [9.17, 15) is 23.3 Å². The van der Waals surface area contributed by atoms with Crippen molar-refractivity contribution in [3.8, 4) is 0 Å². The molecule has 0 saturated heterocycles. The van der Waals surface area contributed by atoms with E-state index in [-0.39, 0.29) is 22.5 Å². The molecule has 12 heteroatoms. The second kappa shape index (κ2) is 6.05. The number of aromatic nitrogens is 2. The monoisotopic (exact) mass is 357 g/mol. The van der Waals surface area contributed by atoms with Gasteiger partial charge in [0.15, 0.2) is 0 Å². The molecule has 0 aliphatic heterocycles. The van der Waals surface area contributed by atoms with E-state index in [1.807, 2.05) is 0 Å². The summed E-state index contributed by atoms with van der Waals surface area (Å²) >= 11 is 0. The summed E-state index contributed by atoms with van der Waals surface area (Å²) in [6, 6.07) is 2.11. The molecule has 24 heavy (non-hydrogen) atoms. The number of carbonyl (C=O) groups is 1. The minimum absolute atomic E-state index is 0.0130. The predicted molar refractivity (Wildman–Crippen MR) is 85.3 cm³/mol. The molecule has 0 radical (unpaired) electrons. The van der Waals surface area contributed by atoms with Crippen LogP contribution in [0.25, 0.3) is 11.0 Å². The number of esters is 1. The van der Waals surface area contributed by atoms with Crippen molar-refractivity contribution in [2.75, 3.05) is 33.6 Å². The van der Waals surface area contributed by atoms with E-state index in [1.54, 1.807) is 0 Å². The predicted octanol–water partition coefficient (Wildman–Crippen LogP) is 0.427. The van der Waals surface area contributed by atoms with Gasteiger partial charge in [-0.2, -0.15) is 16.7 Å². The molecule has 0 atom stereocenters.